The fraction of sp³-hybridized carbons (Fsp3) is 0.429. The highest BCUT2D eigenvalue weighted by Gasteiger charge is 2.30. The van der Waals surface area contributed by atoms with Crippen LogP contribution >= 0.6 is 0 Å². The van der Waals surface area contributed by atoms with Crippen molar-refractivity contribution >= 4 is 17.0 Å². The molecule has 0 saturated carbocycles. The molecule has 3 rings (SSSR count). The molecule has 0 aliphatic heterocycles. The molecule has 150 valence electrons. The van der Waals surface area contributed by atoms with Gasteiger partial charge in [0.2, 0.25) is 5.82 Å². The summed E-state index contributed by atoms with van der Waals surface area (Å²) < 4.78 is 11.0. The van der Waals surface area contributed by atoms with Gasteiger partial charge in [0.05, 0.1) is 13.2 Å². The SMILES string of the molecule is CCCCCCC=Cc1nc(-c2ccc3oc(C(N)(CO)CO)cc3c2)no1. The highest BCUT2D eigenvalue weighted by atomic mass is 16.5. The molecule has 0 aliphatic rings. The Hall–Kier alpha value is -2.48. The van der Waals surface area contributed by atoms with Gasteiger partial charge in [-0.2, -0.15) is 4.98 Å². The molecule has 2 heterocycles. The molecule has 2 aromatic heterocycles. The summed E-state index contributed by atoms with van der Waals surface area (Å²) in [6.07, 6.45) is 9.79. The Labute approximate surface area is 163 Å². The monoisotopic (exact) mass is 385 g/mol. The van der Waals surface area contributed by atoms with E-state index in [-0.39, 0.29) is 0 Å². The molecular formula is C21H27N3O4. The molecule has 3 aromatic rings. The van der Waals surface area contributed by atoms with Gasteiger partial charge in [-0.1, -0.05) is 37.4 Å². The third-order valence-electron chi connectivity index (χ3n) is 4.76. The predicted octanol–water partition coefficient (Wildman–Crippen LogP) is 3.61. The summed E-state index contributed by atoms with van der Waals surface area (Å²) in [6.45, 7) is 1.35. The molecule has 0 aliphatic carbocycles. The number of allylic oxidation sites excluding steroid dienone is 1. The molecule has 0 bridgehead atoms. The van der Waals surface area contributed by atoms with Gasteiger partial charge in [0.1, 0.15) is 16.9 Å². The Morgan fingerprint density at radius 1 is 1.14 bits per heavy atom. The molecule has 7 heteroatoms. The summed E-state index contributed by atoms with van der Waals surface area (Å²) in [5, 5.41) is 23.7. The van der Waals surface area contributed by atoms with Crippen molar-refractivity contribution in [2.75, 3.05) is 13.2 Å². The van der Waals surface area contributed by atoms with Crippen molar-refractivity contribution in [2.45, 2.75) is 44.6 Å². The van der Waals surface area contributed by atoms with E-state index in [1.165, 1.54) is 19.3 Å². The largest absolute Gasteiger partial charge is 0.459 e. The van der Waals surface area contributed by atoms with Crippen LogP contribution in [0.1, 0.15) is 50.7 Å². The summed E-state index contributed by atoms with van der Waals surface area (Å²) in [5.41, 5.74) is 6.04. The van der Waals surface area contributed by atoms with E-state index in [0.29, 0.717) is 23.1 Å². The van der Waals surface area contributed by atoms with Crippen LogP contribution in [0.3, 0.4) is 0 Å². The number of furan rings is 1. The number of aliphatic hydroxyl groups is 2. The number of rotatable bonds is 10. The second-order valence-electron chi connectivity index (χ2n) is 7.04. The summed E-state index contributed by atoms with van der Waals surface area (Å²) in [7, 11) is 0. The maximum Gasteiger partial charge on any atom is 0.250 e. The minimum Gasteiger partial charge on any atom is -0.459 e. The van der Waals surface area contributed by atoms with Crippen LogP contribution in [0.2, 0.25) is 0 Å². The molecule has 7 nitrogen and oxygen atoms in total. The lowest BCUT2D eigenvalue weighted by atomic mass is 10.00. The summed E-state index contributed by atoms with van der Waals surface area (Å²) in [4.78, 5) is 4.41. The second-order valence-corrected chi connectivity index (χ2v) is 7.04. The number of nitrogens with two attached hydrogens (primary N) is 1. The lowest BCUT2D eigenvalue weighted by Crippen LogP contribution is -2.43. The fourth-order valence-electron chi connectivity index (χ4n) is 2.93. The Morgan fingerprint density at radius 3 is 2.71 bits per heavy atom. The molecule has 0 saturated heterocycles. The second kappa shape index (κ2) is 9.14. The number of nitrogens with zero attached hydrogens (tertiary/aromatic N) is 2. The summed E-state index contributed by atoms with van der Waals surface area (Å²) in [6, 6.07) is 7.18. The Kier molecular flexibility index (Phi) is 6.61. The van der Waals surface area contributed by atoms with E-state index in [2.05, 4.69) is 23.1 Å². The van der Waals surface area contributed by atoms with Crippen molar-refractivity contribution in [3.05, 3.63) is 42.0 Å². The molecule has 0 amide bonds. The average molecular weight is 385 g/mol. The van der Waals surface area contributed by atoms with Crippen molar-refractivity contribution in [1.82, 2.24) is 10.1 Å². The van der Waals surface area contributed by atoms with Gasteiger partial charge < -0.3 is 24.9 Å². The predicted molar refractivity (Wildman–Crippen MR) is 107 cm³/mol. The van der Waals surface area contributed by atoms with Crippen molar-refractivity contribution < 1.29 is 19.2 Å². The van der Waals surface area contributed by atoms with Crippen LogP contribution in [0, 0.1) is 0 Å². The van der Waals surface area contributed by atoms with Crippen molar-refractivity contribution in [1.29, 1.82) is 0 Å². The van der Waals surface area contributed by atoms with Gasteiger partial charge in [-0.05, 0) is 43.2 Å². The van der Waals surface area contributed by atoms with E-state index in [1.807, 2.05) is 18.2 Å². The molecule has 0 atom stereocenters. The summed E-state index contributed by atoms with van der Waals surface area (Å²) >= 11 is 0. The van der Waals surface area contributed by atoms with E-state index in [0.717, 1.165) is 23.8 Å². The van der Waals surface area contributed by atoms with Crippen molar-refractivity contribution in [3.8, 4) is 11.4 Å². The van der Waals surface area contributed by atoms with Crippen LogP contribution in [0.25, 0.3) is 28.4 Å². The van der Waals surface area contributed by atoms with E-state index < -0.39 is 18.8 Å². The van der Waals surface area contributed by atoms with Gasteiger partial charge in [-0.3, -0.25) is 0 Å². The van der Waals surface area contributed by atoms with Gasteiger partial charge in [-0.15, -0.1) is 0 Å². The highest BCUT2D eigenvalue weighted by molar-refractivity contribution is 5.83. The van der Waals surface area contributed by atoms with Crippen LogP contribution in [0.15, 0.2) is 39.3 Å². The van der Waals surface area contributed by atoms with E-state index in [1.54, 1.807) is 12.1 Å². The highest BCUT2D eigenvalue weighted by Crippen LogP contribution is 2.29. The molecule has 28 heavy (non-hydrogen) atoms. The first-order valence-electron chi connectivity index (χ1n) is 9.65. The first kappa shape index (κ1) is 20.3. The van der Waals surface area contributed by atoms with Crippen LogP contribution < -0.4 is 5.73 Å². The number of fused-ring (bicyclic) bond motifs is 1. The molecule has 4 N–H and O–H groups in total. The third kappa shape index (κ3) is 4.49. The standard InChI is InChI=1S/C21H27N3O4/c1-2-3-4-5-6-7-8-19-23-20(24-28-19)15-9-10-17-16(11-15)12-18(27-17)21(22,13-25)14-26/h7-12,25-26H,2-6,13-14,22H2,1H3. The maximum atomic E-state index is 9.45. The van der Waals surface area contributed by atoms with Crippen LogP contribution in [-0.4, -0.2) is 33.6 Å². The first-order valence-corrected chi connectivity index (χ1v) is 9.65. The minimum absolute atomic E-state index is 0.324. The normalized spacial score (nSPS) is 12.4. The Bertz CT molecular complexity index is 925. The topological polar surface area (TPSA) is 119 Å². The van der Waals surface area contributed by atoms with Crippen molar-refractivity contribution in [2.24, 2.45) is 5.73 Å². The molecule has 0 radical (unpaired) electrons. The van der Waals surface area contributed by atoms with Gasteiger partial charge in [0, 0.05) is 10.9 Å². The van der Waals surface area contributed by atoms with Crippen LogP contribution in [-0.2, 0) is 5.54 Å². The number of aromatic nitrogens is 2. The zero-order chi connectivity index (χ0) is 20.0. The minimum atomic E-state index is -1.32. The zero-order valence-electron chi connectivity index (χ0n) is 16.1. The fourth-order valence-corrected chi connectivity index (χ4v) is 2.93. The average Bonchev–Trinajstić information content (AvgIpc) is 3.36. The number of hydrogen-bond donors (Lipinski definition) is 3. The first-order chi connectivity index (χ1) is 13.6. The quantitative estimate of drug-likeness (QED) is 0.456. The molecule has 0 fully saturated rings. The van der Waals surface area contributed by atoms with Crippen molar-refractivity contribution in [3.63, 3.8) is 0 Å². The van der Waals surface area contributed by atoms with Crippen LogP contribution in [0.4, 0.5) is 0 Å². The smallest absolute Gasteiger partial charge is 0.250 e. The Balaban J connectivity index is 1.74. The van der Waals surface area contributed by atoms with Gasteiger partial charge >= 0.3 is 0 Å². The molecule has 1 aromatic carbocycles. The van der Waals surface area contributed by atoms with E-state index in [9.17, 15) is 10.2 Å². The number of benzene rings is 1. The lowest BCUT2D eigenvalue weighted by molar-refractivity contribution is 0.105. The molecule has 0 spiro atoms. The lowest BCUT2D eigenvalue weighted by Gasteiger charge is -2.21. The number of unbranched alkanes of at least 4 members (excludes halogenated alkanes) is 4. The summed E-state index contributed by atoms with van der Waals surface area (Å²) in [5.74, 6) is 1.28. The molecule has 0 unspecified atom stereocenters. The zero-order valence-corrected chi connectivity index (χ0v) is 16.1. The maximum absolute atomic E-state index is 9.45. The van der Waals surface area contributed by atoms with Gasteiger partial charge in [0.25, 0.3) is 5.89 Å². The number of aliphatic hydroxyl groups excluding tert-OH is 2. The Morgan fingerprint density at radius 2 is 1.96 bits per heavy atom. The van der Waals surface area contributed by atoms with Crippen LogP contribution in [0.5, 0.6) is 0 Å². The van der Waals surface area contributed by atoms with Gasteiger partial charge in [-0.25, -0.2) is 0 Å². The van der Waals surface area contributed by atoms with E-state index >= 15 is 0 Å². The number of hydrogen-bond acceptors (Lipinski definition) is 7. The van der Waals surface area contributed by atoms with Gasteiger partial charge in [0.15, 0.2) is 0 Å². The molecular weight excluding hydrogens is 358 g/mol. The third-order valence-corrected chi connectivity index (χ3v) is 4.76. The van der Waals surface area contributed by atoms with E-state index in [4.69, 9.17) is 14.7 Å².